The molecule has 0 aliphatic carbocycles. The average molecular weight is 286 g/mol. The van der Waals surface area contributed by atoms with E-state index in [2.05, 4.69) is 17.2 Å². The first-order valence-electron chi connectivity index (χ1n) is 7.53. The van der Waals surface area contributed by atoms with Gasteiger partial charge in [0.15, 0.2) is 0 Å². The first kappa shape index (κ1) is 15.3. The van der Waals surface area contributed by atoms with Crippen molar-refractivity contribution in [2.24, 2.45) is 0 Å². The molecule has 2 aromatic rings. The Hall–Kier alpha value is -2.10. The zero-order chi connectivity index (χ0) is 15.2. The summed E-state index contributed by atoms with van der Waals surface area (Å²) in [7, 11) is 0. The van der Waals surface area contributed by atoms with Gasteiger partial charge in [0.05, 0.1) is 11.4 Å². The van der Waals surface area contributed by atoms with Crippen LogP contribution in [0.1, 0.15) is 47.6 Å². The molecule has 4 nitrogen and oxygen atoms in total. The maximum absolute atomic E-state index is 11.4. The molecular weight excluding hydrogens is 264 g/mol. The Kier molecular flexibility index (Phi) is 5.14. The summed E-state index contributed by atoms with van der Waals surface area (Å²) < 4.78 is 1.88. The minimum absolute atomic E-state index is 0.403. The van der Waals surface area contributed by atoms with E-state index in [0.717, 1.165) is 25.1 Å². The molecule has 0 radical (unpaired) electrons. The maximum atomic E-state index is 11.4. The largest absolute Gasteiger partial charge is 0.478 e. The number of carbonyl (C=O) groups is 1. The molecule has 0 aliphatic heterocycles. The second-order valence-corrected chi connectivity index (χ2v) is 5.09. The number of benzene rings is 1. The van der Waals surface area contributed by atoms with Crippen LogP contribution in [0.5, 0.6) is 0 Å². The zero-order valence-electron chi connectivity index (χ0n) is 12.7. The number of rotatable bonds is 7. The molecular formula is C17H22N2O2. The summed E-state index contributed by atoms with van der Waals surface area (Å²) in [4.78, 5) is 11.4. The van der Waals surface area contributed by atoms with Crippen molar-refractivity contribution >= 4 is 5.97 Å². The molecule has 1 N–H and O–H groups in total. The molecule has 0 aliphatic rings. The summed E-state index contributed by atoms with van der Waals surface area (Å²) in [5.41, 5.74) is 3.24. The first-order valence-corrected chi connectivity index (χ1v) is 7.53. The molecule has 1 aromatic heterocycles. The highest BCUT2D eigenvalue weighted by Gasteiger charge is 2.20. The van der Waals surface area contributed by atoms with Crippen LogP contribution in [0.4, 0.5) is 0 Å². The lowest BCUT2D eigenvalue weighted by Crippen LogP contribution is -2.08. The number of aromatic nitrogens is 2. The van der Waals surface area contributed by atoms with Crippen LogP contribution in [0.25, 0.3) is 0 Å². The summed E-state index contributed by atoms with van der Waals surface area (Å²) in [5, 5.41) is 13.9. The van der Waals surface area contributed by atoms with Gasteiger partial charge in [-0.15, -0.1) is 0 Å². The van der Waals surface area contributed by atoms with Gasteiger partial charge in [-0.3, -0.25) is 4.68 Å². The summed E-state index contributed by atoms with van der Waals surface area (Å²) >= 11 is 0. The minimum Gasteiger partial charge on any atom is -0.478 e. The maximum Gasteiger partial charge on any atom is 0.339 e. The van der Waals surface area contributed by atoms with E-state index >= 15 is 0 Å². The highest BCUT2D eigenvalue weighted by Crippen LogP contribution is 2.17. The fraction of sp³-hybridized carbons (Fsp3) is 0.412. The lowest BCUT2D eigenvalue weighted by Gasteiger charge is -2.06. The van der Waals surface area contributed by atoms with Gasteiger partial charge in [-0.25, -0.2) is 4.79 Å². The van der Waals surface area contributed by atoms with Crippen molar-refractivity contribution in [1.29, 1.82) is 0 Å². The molecule has 0 spiro atoms. The molecule has 2 rings (SSSR count). The van der Waals surface area contributed by atoms with Crippen molar-refractivity contribution in [2.75, 3.05) is 0 Å². The molecule has 1 aromatic carbocycles. The second-order valence-electron chi connectivity index (χ2n) is 5.09. The van der Waals surface area contributed by atoms with E-state index in [-0.39, 0.29) is 0 Å². The summed E-state index contributed by atoms with van der Waals surface area (Å²) in [6.07, 6.45) is 3.29. The number of carboxylic acids is 1. The molecule has 0 amide bonds. The van der Waals surface area contributed by atoms with Crippen molar-refractivity contribution in [1.82, 2.24) is 9.78 Å². The molecule has 0 bridgehead atoms. The van der Waals surface area contributed by atoms with E-state index in [0.29, 0.717) is 24.1 Å². The van der Waals surface area contributed by atoms with Gasteiger partial charge in [0.1, 0.15) is 5.56 Å². The van der Waals surface area contributed by atoms with Crippen LogP contribution >= 0.6 is 0 Å². The quantitative estimate of drug-likeness (QED) is 0.849. The Balaban J connectivity index is 2.11. The van der Waals surface area contributed by atoms with Crippen LogP contribution in [0.15, 0.2) is 30.3 Å². The number of carboxylic acid groups (broad SMARTS) is 1. The Bertz CT molecular complexity index is 603. The molecule has 1 heterocycles. The van der Waals surface area contributed by atoms with Crippen molar-refractivity contribution in [3.8, 4) is 0 Å². The third-order valence-electron chi connectivity index (χ3n) is 3.69. The lowest BCUT2D eigenvalue weighted by molar-refractivity contribution is 0.0694. The van der Waals surface area contributed by atoms with Gasteiger partial charge in [-0.1, -0.05) is 44.2 Å². The predicted molar refractivity (Wildman–Crippen MR) is 82.7 cm³/mol. The highest BCUT2D eigenvalue weighted by molar-refractivity contribution is 5.90. The van der Waals surface area contributed by atoms with Crippen LogP contribution in [-0.2, 0) is 25.8 Å². The Morgan fingerprint density at radius 1 is 1.19 bits per heavy atom. The number of nitrogens with zero attached hydrogens (tertiary/aromatic N) is 2. The molecule has 0 atom stereocenters. The van der Waals surface area contributed by atoms with Crippen molar-refractivity contribution in [3.63, 3.8) is 0 Å². The smallest absolute Gasteiger partial charge is 0.339 e. The van der Waals surface area contributed by atoms with Gasteiger partial charge in [0, 0.05) is 6.54 Å². The standard InChI is InChI=1S/C17H22N2O2/c1-3-14-16(17(20)21)15(4-2)19(18-14)12-8-11-13-9-6-5-7-10-13/h5-7,9-10H,3-4,8,11-12H2,1-2H3,(H,20,21). The SMILES string of the molecule is CCc1nn(CCCc2ccccc2)c(CC)c1C(=O)O. The van der Waals surface area contributed by atoms with Gasteiger partial charge in [0.2, 0.25) is 0 Å². The number of aromatic carboxylic acids is 1. The Morgan fingerprint density at radius 2 is 1.90 bits per heavy atom. The van der Waals surface area contributed by atoms with Gasteiger partial charge in [0.25, 0.3) is 0 Å². The molecule has 112 valence electrons. The van der Waals surface area contributed by atoms with Crippen molar-refractivity contribution < 1.29 is 9.90 Å². The molecule has 0 saturated heterocycles. The van der Waals surface area contributed by atoms with E-state index in [4.69, 9.17) is 0 Å². The first-order chi connectivity index (χ1) is 10.2. The average Bonchev–Trinajstić information content (AvgIpc) is 2.86. The van der Waals surface area contributed by atoms with E-state index in [9.17, 15) is 9.90 Å². The van der Waals surface area contributed by atoms with Crippen LogP contribution in [0.3, 0.4) is 0 Å². The van der Waals surface area contributed by atoms with Gasteiger partial charge in [-0.2, -0.15) is 5.10 Å². The van der Waals surface area contributed by atoms with Crippen LogP contribution in [0.2, 0.25) is 0 Å². The topological polar surface area (TPSA) is 55.1 Å². The molecule has 0 fully saturated rings. The Labute approximate surface area is 125 Å². The zero-order valence-corrected chi connectivity index (χ0v) is 12.7. The van der Waals surface area contributed by atoms with Crippen LogP contribution in [-0.4, -0.2) is 20.9 Å². The fourth-order valence-electron chi connectivity index (χ4n) is 2.67. The molecule has 21 heavy (non-hydrogen) atoms. The molecule has 4 heteroatoms. The van der Waals surface area contributed by atoms with E-state index < -0.39 is 5.97 Å². The summed E-state index contributed by atoms with van der Waals surface area (Å²) in [5.74, 6) is -0.863. The highest BCUT2D eigenvalue weighted by atomic mass is 16.4. The van der Waals surface area contributed by atoms with Crippen LogP contribution in [0, 0.1) is 0 Å². The summed E-state index contributed by atoms with van der Waals surface area (Å²) in [6, 6.07) is 10.3. The second kappa shape index (κ2) is 7.07. The van der Waals surface area contributed by atoms with Gasteiger partial charge in [-0.05, 0) is 31.2 Å². The Morgan fingerprint density at radius 3 is 2.48 bits per heavy atom. The molecule has 0 unspecified atom stereocenters. The van der Waals surface area contributed by atoms with Crippen molar-refractivity contribution in [3.05, 3.63) is 52.8 Å². The van der Waals surface area contributed by atoms with Crippen LogP contribution < -0.4 is 0 Å². The van der Waals surface area contributed by atoms with Gasteiger partial charge < -0.3 is 5.11 Å². The summed E-state index contributed by atoms with van der Waals surface area (Å²) in [6.45, 7) is 4.69. The molecule has 0 saturated carbocycles. The van der Waals surface area contributed by atoms with Gasteiger partial charge >= 0.3 is 5.97 Å². The van der Waals surface area contributed by atoms with E-state index in [1.807, 2.05) is 36.7 Å². The normalized spacial score (nSPS) is 10.8. The predicted octanol–water partition coefficient (Wildman–Crippen LogP) is 3.34. The van der Waals surface area contributed by atoms with E-state index in [1.165, 1.54) is 5.56 Å². The third-order valence-corrected chi connectivity index (χ3v) is 3.69. The number of hydrogen-bond acceptors (Lipinski definition) is 2. The monoisotopic (exact) mass is 286 g/mol. The minimum atomic E-state index is -0.863. The number of hydrogen-bond donors (Lipinski definition) is 1. The lowest BCUT2D eigenvalue weighted by atomic mass is 10.1. The van der Waals surface area contributed by atoms with E-state index in [1.54, 1.807) is 0 Å². The fourth-order valence-corrected chi connectivity index (χ4v) is 2.67. The van der Waals surface area contributed by atoms with Crippen molar-refractivity contribution in [2.45, 2.75) is 46.1 Å². The number of aryl methyl sites for hydroxylation is 3. The third kappa shape index (κ3) is 3.51.